The summed E-state index contributed by atoms with van der Waals surface area (Å²) in [7, 11) is 2.07. The number of guanidine groups is 1. The second-order valence-electron chi connectivity index (χ2n) is 5.91. The predicted octanol–water partition coefficient (Wildman–Crippen LogP) is 3.71. The standard InChI is InChI=1S/C18H27BrN6.HI/c1-4-10-20-18(21-11-12-25-14-22-23-17(25)5-2)24(3)13-15-6-8-16(19)9-7-15;/h6-9,14H,4-5,10-13H2,1-3H3,(H,20,21);1H. The Balaban J connectivity index is 0.00000338. The zero-order chi connectivity index (χ0) is 18.1. The van der Waals surface area contributed by atoms with E-state index >= 15 is 0 Å². The van der Waals surface area contributed by atoms with Crippen LogP contribution in [-0.4, -0.2) is 45.8 Å². The van der Waals surface area contributed by atoms with Crippen molar-refractivity contribution < 1.29 is 0 Å². The fourth-order valence-electron chi connectivity index (χ4n) is 2.50. The van der Waals surface area contributed by atoms with Crippen molar-refractivity contribution in [2.45, 2.75) is 39.8 Å². The van der Waals surface area contributed by atoms with Crippen molar-refractivity contribution in [3.63, 3.8) is 0 Å². The van der Waals surface area contributed by atoms with Crippen molar-refractivity contribution in [1.29, 1.82) is 0 Å². The maximum absolute atomic E-state index is 4.70. The molecule has 2 rings (SSSR count). The van der Waals surface area contributed by atoms with E-state index in [4.69, 9.17) is 4.99 Å². The first-order chi connectivity index (χ1) is 12.1. The van der Waals surface area contributed by atoms with Gasteiger partial charge in [0.15, 0.2) is 5.96 Å². The molecular weight excluding hydrogens is 507 g/mol. The van der Waals surface area contributed by atoms with E-state index in [1.165, 1.54) is 5.56 Å². The Labute approximate surface area is 181 Å². The molecule has 8 heteroatoms. The fourth-order valence-corrected chi connectivity index (χ4v) is 2.76. The molecule has 0 aliphatic carbocycles. The van der Waals surface area contributed by atoms with Crippen LogP contribution in [-0.2, 0) is 19.5 Å². The number of halogens is 2. The van der Waals surface area contributed by atoms with Crippen molar-refractivity contribution in [1.82, 2.24) is 25.0 Å². The van der Waals surface area contributed by atoms with E-state index in [0.29, 0.717) is 0 Å². The fraction of sp³-hybridized carbons (Fsp3) is 0.500. The van der Waals surface area contributed by atoms with Crippen LogP contribution in [0.4, 0.5) is 0 Å². The third-order valence-corrected chi connectivity index (χ3v) is 4.36. The van der Waals surface area contributed by atoms with Crippen molar-refractivity contribution in [2.75, 3.05) is 20.1 Å². The Bertz CT molecular complexity index is 671. The molecule has 0 fully saturated rings. The van der Waals surface area contributed by atoms with E-state index in [0.717, 1.165) is 55.3 Å². The second-order valence-corrected chi connectivity index (χ2v) is 6.82. The first-order valence-corrected chi connectivity index (χ1v) is 9.53. The molecule has 0 radical (unpaired) electrons. The second kappa shape index (κ2) is 12.3. The molecule has 0 aliphatic heterocycles. The molecular formula is C18H28BrIN6. The number of benzene rings is 1. The molecule has 1 heterocycles. The summed E-state index contributed by atoms with van der Waals surface area (Å²) in [5.41, 5.74) is 1.25. The van der Waals surface area contributed by atoms with Gasteiger partial charge in [0.1, 0.15) is 12.2 Å². The molecule has 1 aromatic heterocycles. The number of hydrogen-bond donors (Lipinski definition) is 1. The molecule has 0 aliphatic rings. The van der Waals surface area contributed by atoms with Gasteiger partial charge in [-0.2, -0.15) is 0 Å². The van der Waals surface area contributed by atoms with E-state index in [1.54, 1.807) is 6.33 Å². The maximum Gasteiger partial charge on any atom is 0.194 e. The van der Waals surface area contributed by atoms with Gasteiger partial charge in [-0.1, -0.05) is 41.9 Å². The Morgan fingerprint density at radius 1 is 1.27 bits per heavy atom. The van der Waals surface area contributed by atoms with Crippen LogP contribution in [0.1, 0.15) is 31.7 Å². The average molecular weight is 535 g/mol. The van der Waals surface area contributed by atoms with Crippen LogP contribution in [0.2, 0.25) is 0 Å². The van der Waals surface area contributed by atoms with E-state index in [2.05, 4.69) is 86.1 Å². The van der Waals surface area contributed by atoms with Gasteiger partial charge in [0.05, 0.1) is 0 Å². The van der Waals surface area contributed by atoms with Gasteiger partial charge < -0.3 is 14.8 Å². The Hall–Kier alpha value is -1.16. The monoisotopic (exact) mass is 534 g/mol. The maximum atomic E-state index is 4.70. The van der Waals surface area contributed by atoms with Gasteiger partial charge in [-0.25, -0.2) is 0 Å². The zero-order valence-electron chi connectivity index (χ0n) is 15.7. The number of nitrogens with one attached hydrogen (secondary N) is 1. The minimum absolute atomic E-state index is 0. The molecule has 0 atom stereocenters. The third kappa shape index (κ3) is 7.22. The molecule has 2 aromatic rings. The van der Waals surface area contributed by atoms with Crippen molar-refractivity contribution in [2.24, 2.45) is 4.99 Å². The Kier molecular flexibility index (Phi) is 10.8. The summed E-state index contributed by atoms with van der Waals surface area (Å²) >= 11 is 3.48. The highest BCUT2D eigenvalue weighted by Gasteiger charge is 2.08. The minimum Gasteiger partial charge on any atom is -0.354 e. The molecule has 144 valence electrons. The van der Waals surface area contributed by atoms with E-state index < -0.39 is 0 Å². The first-order valence-electron chi connectivity index (χ1n) is 8.74. The number of aromatic nitrogens is 3. The van der Waals surface area contributed by atoms with Crippen LogP contribution < -0.4 is 5.32 Å². The Morgan fingerprint density at radius 3 is 2.65 bits per heavy atom. The van der Waals surface area contributed by atoms with Crippen LogP contribution in [0.5, 0.6) is 0 Å². The lowest BCUT2D eigenvalue weighted by Gasteiger charge is -2.23. The number of aryl methyl sites for hydroxylation is 1. The van der Waals surface area contributed by atoms with Crippen molar-refractivity contribution >= 4 is 45.9 Å². The lowest BCUT2D eigenvalue weighted by atomic mass is 10.2. The molecule has 0 saturated carbocycles. The summed E-state index contributed by atoms with van der Waals surface area (Å²) < 4.78 is 3.18. The van der Waals surface area contributed by atoms with Crippen molar-refractivity contribution in [3.8, 4) is 0 Å². The van der Waals surface area contributed by atoms with Crippen LogP contribution in [0, 0.1) is 0 Å². The Morgan fingerprint density at radius 2 is 2.00 bits per heavy atom. The van der Waals surface area contributed by atoms with E-state index in [-0.39, 0.29) is 24.0 Å². The van der Waals surface area contributed by atoms with Crippen LogP contribution in [0.15, 0.2) is 40.1 Å². The topological polar surface area (TPSA) is 58.3 Å². The summed E-state index contributed by atoms with van der Waals surface area (Å²) in [6.07, 6.45) is 3.71. The van der Waals surface area contributed by atoms with Gasteiger partial charge in [0, 0.05) is 44.1 Å². The number of rotatable bonds is 8. The highest BCUT2D eigenvalue weighted by Crippen LogP contribution is 2.11. The van der Waals surface area contributed by atoms with E-state index in [9.17, 15) is 0 Å². The molecule has 1 N–H and O–H groups in total. The van der Waals surface area contributed by atoms with Gasteiger partial charge in [-0.15, -0.1) is 34.2 Å². The van der Waals surface area contributed by atoms with Gasteiger partial charge in [0.25, 0.3) is 0 Å². The largest absolute Gasteiger partial charge is 0.354 e. The van der Waals surface area contributed by atoms with Crippen molar-refractivity contribution in [3.05, 3.63) is 46.5 Å². The highest BCUT2D eigenvalue weighted by atomic mass is 127. The summed E-state index contributed by atoms with van der Waals surface area (Å²) in [6, 6.07) is 8.39. The first kappa shape index (κ1) is 22.9. The summed E-state index contributed by atoms with van der Waals surface area (Å²) in [4.78, 5) is 6.86. The number of aliphatic imine (C=N–C) groups is 1. The van der Waals surface area contributed by atoms with Gasteiger partial charge in [-0.3, -0.25) is 4.99 Å². The van der Waals surface area contributed by atoms with Gasteiger partial charge >= 0.3 is 0 Å². The van der Waals surface area contributed by atoms with Crippen LogP contribution in [0.25, 0.3) is 0 Å². The summed E-state index contributed by atoms with van der Waals surface area (Å²) in [5, 5.41) is 11.6. The van der Waals surface area contributed by atoms with E-state index in [1.807, 2.05) is 0 Å². The van der Waals surface area contributed by atoms with Gasteiger partial charge in [0.2, 0.25) is 0 Å². The molecule has 6 nitrogen and oxygen atoms in total. The quantitative estimate of drug-likeness (QED) is 0.318. The summed E-state index contributed by atoms with van der Waals surface area (Å²) in [6.45, 7) is 7.48. The molecule has 1 aromatic carbocycles. The average Bonchev–Trinajstić information content (AvgIpc) is 3.07. The van der Waals surface area contributed by atoms with Gasteiger partial charge in [-0.05, 0) is 24.1 Å². The lowest BCUT2D eigenvalue weighted by Crippen LogP contribution is -2.40. The number of hydrogen-bond acceptors (Lipinski definition) is 3. The molecule has 26 heavy (non-hydrogen) atoms. The lowest BCUT2D eigenvalue weighted by molar-refractivity contribution is 0.470. The minimum atomic E-state index is 0. The molecule has 0 unspecified atom stereocenters. The third-order valence-electron chi connectivity index (χ3n) is 3.83. The SMILES string of the molecule is CCCN=C(NCCn1cnnc1CC)N(C)Cc1ccc(Br)cc1.I. The summed E-state index contributed by atoms with van der Waals surface area (Å²) in [5.74, 6) is 1.94. The molecule has 0 saturated heterocycles. The smallest absolute Gasteiger partial charge is 0.194 e. The highest BCUT2D eigenvalue weighted by molar-refractivity contribution is 14.0. The molecule has 0 amide bonds. The zero-order valence-corrected chi connectivity index (χ0v) is 19.6. The van der Waals surface area contributed by atoms with Crippen LogP contribution in [0.3, 0.4) is 0 Å². The van der Waals surface area contributed by atoms with Crippen LogP contribution >= 0.6 is 39.9 Å². The predicted molar refractivity (Wildman–Crippen MR) is 121 cm³/mol. The number of nitrogens with zero attached hydrogens (tertiary/aromatic N) is 5. The normalized spacial score (nSPS) is 11.2. The molecule has 0 bridgehead atoms. The molecule has 0 spiro atoms.